The molecular formula is C25H19F3N6. The average Bonchev–Trinajstić information content (AvgIpc) is 3.59. The number of hydrogen-bond donors (Lipinski definition) is 0. The first-order valence-corrected chi connectivity index (χ1v) is 10.9. The Morgan fingerprint density at radius 2 is 1.79 bits per heavy atom. The Bertz CT molecular complexity index is 1510. The van der Waals surface area contributed by atoms with E-state index in [9.17, 15) is 13.2 Å². The van der Waals surface area contributed by atoms with Gasteiger partial charge in [-0.1, -0.05) is 18.2 Å². The molecule has 0 radical (unpaired) electrons. The lowest BCUT2D eigenvalue weighted by atomic mass is 10.0. The van der Waals surface area contributed by atoms with Crippen molar-refractivity contribution in [2.24, 2.45) is 0 Å². The Hall–Kier alpha value is -4.14. The summed E-state index contributed by atoms with van der Waals surface area (Å²) in [6, 6.07) is 11.6. The minimum atomic E-state index is -0.464. The predicted octanol–water partition coefficient (Wildman–Crippen LogP) is 5.34. The third-order valence-electron chi connectivity index (χ3n) is 6.21. The highest BCUT2D eigenvalue weighted by Crippen LogP contribution is 2.37. The fourth-order valence-corrected chi connectivity index (χ4v) is 4.59. The molecule has 0 amide bonds. The molecule has 4 heterocycles. The van der Waals surface area contributed by atoms with Crippen LogP contribution in [0.4, 0.5) is 19.0 Å². The van der Waals surface area contributed by atoms with Crippen LogP contribution < -0.4 is 4.90 Å². The predicted molar refractivity (Wildman–Crippen MR) is 121 cm³/mol. The Labute approximate surface area is 192 Å². The molecule has 9 heteroatoms. The third-order valence-corrected chi connectivity index (χ3v) is 6.21. The summed E-state index contributed by atoms with van der Waals surface area (Å²) in [4.78, 5) is 6.78. The Balaban J connectivity index is 1.38. The highest BCUT2D eigenvalue weighted by Gasteiger charge is 2.30. The van der Waals surface area contributed by atoms with Gasteiger partial charge in [0, 0.05) is 35.6 Å². The van der Waals surface area contributed by atoms with Crippen molar-refractivity contribution in [1.82, 2.24) is 24.4 Å². The van der Waals surface area contributed by atoms with E-state index in [0.29, 0.717) is 46.8 Å². The highest BCUT2D eigenvalue weighted by atomic mass is 19.1. The van der Waals surface area contributed by atoms with E-state index < -0.39 is 11.6 Å². The lowest BCUT2D eigenvalue weighted by Crippen LogP contribution is -2.24. The molecule has 0 unspecified atom stereocenters. The van der Waals surface area contributed by atoms with Crippen molar-refractivity contribution in [3.8, 4) is 16.8 Å². The summed E-state index contributed by atoms with van der Waals surface area (Å²) in [6.07, 6.45) is 8.27. The molecule has 1 aliphatic rings. The van der Waals surface area contributed by atoms with E-state index in [1.165, 1.54) is 12.1 Å². The van der Waals surface area contributed by atoms with Crippen LogP contribution in [0.25, 0.3) is 22.5 Å². The van der Waals surface area contributed by atoms with Crippen molar-refractivity contribution < 1.29 is 13.2 Å². The van der Waals surface area contributed by atoms with Gasteiger partial charge < -0.3 is 4.90 Å². The molecule has 6 rings (SSSR count). The van der Waals surface area contributed by atoms with Crippen molar-refractivity contribution in [3.05, 3.63) is 96.3 Å². The van der Waals surface area contributed by atoms with Crippen LogP contribution in [0, 0.1) is 17.5 Å². The molecule has 0 aliphatic carbocycles. The number of aromatic nitrogens is 5. The molecule has 170 valence electrons. The van der Waals surface area contributed by atoms with Crippen LogP contribution in [0.1, 0.15) is 24.4 Å². The molecule has 0 N–H and O–H groups in total. The smallest absolute Gasteiger partial charge is 0.183 e. The number of anilines is 1. The molecular weight excluding hydrogens is 441 g/mol. The van der Waals surface area contributed by atoms with Crippen LogP contribution >= 0.6 is 0 Å². The van der Waals surface area contributed by atoms with Crippen LogP contribution in [0.2, 0.25) is 0 Å². The van der Waals surface area contributed by atoms with E-state index in [0.717, 1.165) is 18.6 Å². The van der Waals surface area contributed by atoms with Crippen LogP contribution in [0.5, 0.6) is 0 Å². The first-order chi connectivity index (χ1) is 16.6. The maximum Gasteiger partial charge on any atom is 0.183 e. The summed E-state index contributed by atoms with van der Waals surface area (Å²) in [5.74, 6) is -0.579. The second-order valence-corrected chi connectivity index (χ2v) is 8.25. The fourth-order valence-electron chi connectivity index (χ4n) is 4.59. The molecule has 3 aromatic heterocycles. The van der Waals surface area contributed by atoms with Crippen molar-refractivity contribution in [2.75, 3.05) is 11.4 Å². The van der Waals surface area contributed by atoms with E-state index in [-0.39, 0.29) is 11.9 Å². The van der Waals surface area contributed by atoms with Crippen molar-refractivity contribution in [2.45, 2.75) is 18.9 Å². The van der Waals surface area contributed by atoms with Gasteiger partial charge in [-0.25, -0.2) is 27.4 Å². The van der Waals surface area contributed by atoms with E-state index in [1.54, 1.807) is 52.2 Å². The number of halogens is 3. The van der Waals surface area contributed by atoms with Gasteiger partial charge in [-0.2, -0.15) is 10.2 Å². The average molecular weight is 460 g/mol. The second kappa shape index (κ2) is 8.02. The van der Waals surface area contributed by atoms with Crippen LogP contribution in [-0.4, -0.2) is 30.9 Å². The zero-order valence-electron chi connectivity index (χ0n) is 17.9. The minimum Gasteiger partial charge on any atom is -0.349 e. The van der Waals surface area contributed by atoms with E-state index in [1.807, 2.05) is 11.0 Å². The number of benzene rings is 2. The van der Waals surface area contributed by atoms with Gasteiger partial charge in [-0.3, -0.25) is 0 Å². The second-order valence-electron chi connectivity index (χ2n) is 8.25. The van der Waals surface area contributed by atoms with Gasteiger partial charge in [-0.05, 0) is 43.2 Å². The lowest BCUT2D eigenvalue weighted by Gasteiger charge is -2.26. The summed E-state index contributed by atoms with van der Waals surface area (Å²) in [5.41, 5.74) is 2.59. The molecule has 1 aliphatic heterocycles. The van der Waals surface area contributed by atoms with Gasteiger partial charge >= 0.3 is 0 Å². The normalized spacial score (nSPS) is 16.0. The fraction of sp³-hybridized carbons (Fsp3) is 0.160. The summed E-state index contributed by atoms with van der Waals surface area (Å²) in [6.45, 7) is 0.673. The first-order valence-electron chi connectivity index (χ1n) is 10.9. The van der Waals surface area contributed by atoms with Crippen LogP contribution in [0.3, 0.4) is 0 Å². The SMILES string of the molecule is Fc1ccc(F)c([C@@H]2CCCN2c2ccn3ncc(-n4cc(-c5ccccc5F)cn4)c3n2)c1. The quantitative estimate of drug-likeness (QED) is 0.363. The molecule has 0 bridgehead atoms. The van der Waals surface area contributed by atoms with E-state index >= 15 is 0 Å². The number of fused-ring (bicyclic) bond motifs is 1. The van der Waals surface area contributed by atoms with Gasteiger partial charge in [0.05, 0.1) is 18.4 Å². The van der Waals surface area contributed by atoms with Crippen LogP contribution in [-0.2, 0) is 0 Å². The molecule has 1 saturated heterocycles. The number of nitrogens with zero attached hydrogens (tertiary/aromatic N) is 6. The molecule has 0 spiro atoms. The Morgan fingerprint density at radius 3 is 2.68 bits per heavy atom. The van der Waals surface area contributed by atoms with Crippen LogP contribution in [0.15, 0.2) is 73.3 Å². The van der Waals surface area contributed by atoms with E-state index in [2.05, 4.69) is 10.2 Å². The minimum absolute atomic E-state index is 0.311. The zero-order chi connectivity index (χ0) is 23.2. The molecule has 2 aromatic carbocycles. The largest absolute Gasteiger partial charge is 0.349 e. The monoisotopic (exact) mass is 460 g/mol. The van der Waals surface area contributed by atoms with Gasteiger partial charge in [0.25, 0.3) is 0 Å². The van der Waals surface area contributed by atoms with Gasteiger partial charge in [-0.15, -0.1) is 0 Å². The highest BCUT2D eigenvalue weighted by molar-refractivity contribution is 5.66. The summed E-state index contributed by atoms with van der Waals surface area (Å²) >= 11 is 0. The van der Waals surface area contributed by atoms with Gasteiger partial charge in [0.1, 0.15) is 29.0 Å². The summed E-state index contributed by atoms with van der Waals surface area (Å²) in [7, 11) is 0. The van der Waals surface area contributed by atoms with Gasteiger partial charge in [0.15, 0.2) is 5.65 Å². The lowest BCUT2D eigenvalue weighted by molar-refractivity contribution is 0.560. The molecule has 6 nitrogen and oxygen atoms in total. The maximum absolute atomic E-state index is 14.5. The van der Waals surface area contributed by atoms with Crippen molar-refractivity contribution >= 4 is 11.5 Å². The Morgan fingerprint density at radius 1 is 0.912 bits per heavy atom. The van der Waals surface area contributed by atoms with Gasteiger partial charge in [0.2, 0.25) is 0 Å². The third kappa shape index (κ3) is 3.40. The number of rotatable bonds is 4. The zero-order valence-corrected chi connectivity index (χ0v) is 17.9. The standard InChI is InChI=1S/C25H19F3N6/c26-17-7-8-21(28)19(12-17)22-6-3-10-32(22)24-9-11-33-25(31-24)23(14-30-33)34-15-16(13-29-34)18-4-1-2-5-20(18)27/h1-2,4-5,7-9,11-15,22H,3,6,10H2/t22-/m0/s1. The summed E-state index contributed by atoms with van der Waals surface area (Å²) in [5, 5.41) is 8.75. The molecule has 1 fully saturated rings. The van der Waals surface area contributed by atoms with E-state index in [4.69, 9.17) is 4.98 Å². The topological polar surface area (TPSA) is 51.2 Å². The van der Waals surface area contributed by atoms with Crippen molar-refractivity contribution in [3.63, 3.8) is 0 Å². The number of hydrogen-bond acceptors (Lipinski definition) is 4. The summed E-state index contributed by atoms with van der Waals surface area (Å²) < 4.78 is 45.8. The van der Waals surface area contributed by atoms with Crippen molar-refractivity contribution in [1.29, 1.82) is 0 Å². The molecule has 5 aromatic rings. The first kappa shape index (κ1) is 20.5. The maximum atomic E-state index is 14.5. The molecule has 1 atom stereocenters. The molecule has 34 heavy (non-hydrogen) atoms. The molecule has 0 saturated carbocycles. The Kier molecular flexibility index (Phi) is 4.83.